The van der Waals surface area contributed by atoms with Gasteiger partial charge < -0.3 is 10.5 Å². The van der Waals surface area contributed by atoms with E-state index >= 15 is 0 Å². The highest BCUT2D eigenvalue weighted by molar-refractivity contribution is 5.12. The lowest BCUT2D eigenvalue weighted by molar-refractivity contribution is -0.0497. The molecule has 0 spiro atoms. The number of aryl methyl sites for hydroxylation is 2. The van der Waals surface area contributed by atoms with Crippen LogP contribution in [0.2, 0.25) is 0 Å². The van der Waals surface area contributed by atoms with Gasteiger partial charge in [0.1, 0.15) is 0 Å². The molecule has 0 aromatic carbocycles. The summed E-state index contributed by atoms with van der Waals surface area (Å²) < 4.78 is 7.82. The Morgan fingerprint density at radius 1 is 1.50 bits per heavy atom. The van der Waals surface area contributed by atoms with Crippen LogP contribution in [0.15, 0.2) is 6.07 Å². The van der Waals surface area contributed by atoms with Crippen LogP contribution < -0.4 is 5.73 Å². The second-order valence-corrected chi connectivity index (χ2v) is 5.97. The quantitative estimate of drug-likeness (QED) is 0.873. The van der Waals surface area contributed by atoms with Crippen LogP contribution in [0.25, 0.3) is 0 Å². The van der Waals surface area contributed by atoms with Crippen molar-refractivity contribution in [1.29, 1.82) is 0 Å². The van der Waals surface area contributed by atoms with E-state index in [1.165, 1.54) is 5.69 Å². The van der Waals surface area contributed by atoms with Crippen molar-refractivity contribution in [1.82, 2.24) is 14.7 Å². The second-order valence-electron chi connectivity index (χ2n) is 5.97. The van der Waals surface area contributed by atoms with Crippen molar-refractivity contribution >= 4 is 0 Å². The Bertz CT molecular complexity index is 430. The van der Waals surface area contributed by atoms with E-state index in [1.807, 2.05) is 11.7 Å². The molecule has 0 bridgehead atoms. The topological polar surface area (TPSA) is 56.3 Å². The minimum Gasteiger partial charge on any atom is -0.374 e. The summed E-state index contributed by atoms with van der Waals surface area (Å²) in [4.78, 5) is 2.44. The van der Waals surface area contributed by atoms with Crippen molar-refractivity contribution in [3.63, 3.8) is 0 Å². The number of hydrogen-bond acceptors (Lipinski definition) is 4. The van der Waals surface area contributed by atoms with E-state index in [-0.39, 0.29) is 12.1 Å². The highest BCUT2D eigenvalue weighted by Crippen LogP contribution is 2.14. The molecule has 1 aliphatic rings. The van der Waals surface area contributed by atoms with E-state index in [9.17, 15) is 0 Å². The third kappa shape index (κ3) is 3.59. The van der Waals surface area contributed by atoms with E-state index < -0.39 is 0 Å². The Kier molecular flexibility index (Phi) is 5.18. The van der Waals surface area contributed by atoms with Crippen molar-refractivity contribution in [3.05, 3.63) is 17.5 Å². The third-order valence-corrected chi connectivity index (χ3v) is 4.17. The van der Waals surface area contributed by atoms with E-state index in [2.05, 4.69) is 36.8 Å². The lowest BCUT2D eigenvalue weighted by Gasteiger charge is -2.37. The van der Waals surface area contributed by atoms with Gasteiger partial charge >= 0.3 is 0 Å². The van der Waals surface area contributed by atoms with Gasteiger partial charge in [0.05, 0.1) is 18.4 Å². The summed E-state index contributed by atoms with van der Waals surface area (Å²) in [5.74, 6) is 0. The Hall–Kier alpha value is -0.910. The largest absolute Gasteiger partial charge is 0.374 e. The maximum absolute atomic E-state index is 6.37. The fourth-order valence-electron chi connectivity index (χ4n) is 2.73. The fraction of sp³-hybridized carbons (Fsp3) is 0.800. The number of nitrogens with zero attached hydrogens (tertiary/aromatic N) is 3. The molecule has 5 heteroatoms. The molecular weight excluding hydrogens is 252 g/mol. The van der Waals surface area contributed by atoms with Crippen LogP contribution in [0, 0.1) is 0 Å². The highest BCUT2D eigenvalue weighted by Gasteiger charge is 2.27. The van der Waals surface area contributed by atoms with E-state index in [0.717, 1.165) is 38.2 Å². The standard InChI is InChI=1S/C15H28N4O/c1-5-12-8-13(18(4)17-12)9-14(16)15-10-19(11(2)3)6-7-20-15/h8,11,14-15H,5-7,9-10,16H2,1-4H3. The summed E-state index contributed by atoms with van der Waals surface area (Å²) >= 11 is 0. The molecule has 2 heterocycles. The van der Waals surface area contributed by atoms with Gasteiger partial charge in [0.25, 0.3) is 0 Å². The molecule has 1 saturated heterocycles. The molecule has 2 unspecified atom stereocenters. The lowest BCUT2D eigenvalue weighted by atomic mass is 10.0. The van der Waals surface area contributed by atoms with Gasteiger partial charge in [0.15, 0.2) is 0 Å². The number of aromatic nitrogens is 2. The predicted molar refractivity (Wildman–Crippen MR) is 80.7 cm³/mol. The Morgan fingerprint density at radius 2 is 2.25 bits per heavy atom. The van der Waals surface area contributed by atoms with Crippen molar-refractivity contribution in [3.8, 4) is 0 Å². The number of nitrogens with two attached hydrogens (primary N) is 1. The highest BCUT2D eigenvalue weighted by atomic mass is 16.5. The molecule has 0 aliphatic carbocycles. The smallest absolute Gasteiger partial charge is 0.0857 e. The van der Waals surface area contributed by atoms with E-state index in [1.54, 1.807) is 0 Å². The van der Waals surface area contributed by atoms with Gasteiger partial charge in [-0.1, -0.05) is 6.92 Å². The van der Waals surface area contributed by atoms with Crippen LogP contribution in [0.1, 0.15) is 32.2 Å². The minimum absolute atomic E-state index is 0.0247. The predicted octanol–water partition coefficient (Wildman–Crippen LogP) is 0.962. The van der Waals surface area contributed by atoms with Gasteiger partial charge in [0, 0.05) is 44.3 Å². The number of morpholine rings is 1. The molecule has 114 valence electrons. The summed E-state index contributed by atoms with van der Waals surface area (Å²) in [5.41, 5.74) is 8.69. The molecule has 2 rings (SSSR count). The molecule has 1 fully saturated rings. The second kappa shape index (κ2) is 6.70. The first-order valence-electron chi connectivity index (χ1n) is 7.64. The first kappa shape index (κ1) is 15.5. The SMILES string of the molecule is CCc1cc(CC(N)C2CN(C(C)C)CCO2)n(C)n1. The normalized spacial score (nSPS) is 22.4. The zero-order valence-electron chi connectivity index (χ0n) is 13.2. The Morgan fingerprint density at radius 3 is 2.85 bits per heavy atom. The monoisotopic (exact) mass is 280 g/mol. The maximum atomic E-state index is 6.37. The number of hydrogen-bond donors (Lipinski definition) is 1. The average molecular weight is 280 g/mol. The lowest BCUT2D eigenvalue weighted by Crippen LogP contribution is -2.53. The molecule has 1 aliphatic heterocycles. The first-order chi connectivity index (χ1) is 9.51. The van der Waals surface area contributed by atoms with E-state index in [0.29, 0.717) is 6.04 Å². The molecule has 0 amide bonds. The van der Waals surface area contributed by atoms with E-state index in [4.69, 9.17) is 10.5 Å². The summed E-state index contributed by atoms with van der Waals surface area (Å²) in [7, 11) is 1.99. The summed E-state index contributed by atoms with van der Waals surface area (Å²) in [6, 6.07) is 2.73. The molecule has 1 aromatic heterocycles. The van der Waals surface area contributed by atoms with Crippen LogP contribution in [0.3, 0.4) is 0 Å². The van der Waals surface area contributed by atoms with Crippen LogP contribution in [0.4, 0.5) is 0 Å². The number of rotatable bonds is 5. The van der Waals surface area contributed by atoms with Crippen molar-refractivity contribution in [2.24, 2.45) is 12.8 Å². The maximum Gasteiger partial charge on any atom is 0.0857 e. The van der Waals surface area contributed by atoms with Crippen molar-refractivity contribution < 1.29 is 4.74 Å². The first-order valence-corrected chi connectivity index (χ1v) is 7.64. The van der Waals surface area contributed by atoms with Gasteiger partial charge in [-0.3, -0.25) is 9.58 Å². The van der Waals surface area contributed by atoms with Crippen molar-refractivity contribution in [2.45, 2.75) is 51.8 Å². The average Bonchev–Trinajstić information content (AvgIpc) is 2.79. The molecule has 5 nitrogen and oxygen atoms in total. The van der Waals surface area contributed by atoms with Crippen LogP contribution in [-0.2, 0) is 24.6 Å². The number of ether oxygens (including phenoxy) is 1. The van der Waals surface area contributed by atoms with Gasteiger partial charge in [-0.2, -0.15) is 5.10 Å². The zero-order chi connectivity index (χ0) is 14.7. The minimum atomic E-state index is 0.0247. The Balaban J connectivity index is 1.96. The Labute approximate surface area is 122 Å². The zero-order valence-corrected chi connectivity index (χ0v) is 13.2. The summed E-state index contributed by atoms with van der Waals surface area (Å²) in [6.45, 7) is 9.29. The van der Waals surface area contributed by atoms with Gasteiger partial charge in [-0.25, -0.2) is 0 Å². The molecule has 2 N–H and O–H groups in total. The molecular formula is C15H28N4O. The summed E-state index contributed by atoms with van der Waals surface area (Å²) in [6.07, 6.45) is 1.90. The molecule has 1 aromatic rings. The molecule has 2 atom stereocenters. The van der Waals surface area contributed by atoms with Gasteiger partial charge in [0.2, 0.25) is 0 Å². The van der Waals surface area contributed by atoms with Crippen LogP contribution in [0.5, 0.6) is 0 Å². The molecule has 20 heavy (non-hydrogen) atoms. The molecule has 0 saturated carbocycles. The summed E-state index contributed by atoms with van der Waals surface area (Å²) in [5, 5.41) is 4.48. The van der Waals surface area contributed by atoms with Gasteiger partial charge in [-0.05, 0) is 26.3 Å². The van der Waals surface area contributed by atoms with Crippen LogP contribution in [-0.4, -0.2) is 52.6 Å². The molecule has 0 radical (unpaired) electrons. The third-order valence-electron chi connectivity index (χ3n) is 4.17. The van der Waals surface area contributed by atoms with Crippen molar-refractivity contribution in [2.75, 3.05) is 19.7 Å². The fourth-order valence-corrected chi connectivity index (χ4v) is 2.73. The van der Waals surface area contributed by atoms with Crippen LogP contribution >= 0.6 is 0 Å². The van der Waals surface area contributed by atoms with Gasteiger partial charge in [-0.15, -0.1) is 0 Å².